The maximum Gasteiger partial charge on any atom is 0.246 e. The number of hydrogen-bond acceptors (Lipinski definition) is 6. The van der Waals surface area contributed by atoms with Crippen molar-refractivity contribution in [3.05, 3.63) is 29.8 Å². The van der Waals surface area contributed by atoms with Crippen molar-refractivity contribution in [3.8, 4) is 11.5 Å². The summed E-state index contributed by atoms with van der Waals surface area (Å²) in [6.07, 6.45) is 5.28. The fourth-order valence-electron chi connectivity index (χ4n) is 3.76. The van der Waals surface area contributed by atoms with Crippen molar-refractivity contribution in [2.24, 2.45) is 0 Å². The summed E-state index contributed by atoms with van der Waals surface area (Å²) in [7, 11) is 3.21. The van der Waals surface area contributed by atoms with Crippen LogP contribution >= 0.6 is 0 Å². The number of nitrogens with zero attached hydrogens (tertiary/aromatic N) is 2. The molecule has 160 valence electrons. The van der Waals surface area contributed by atoms with Crippen LogP contribution < -0.4 is 9.47 Å². The zero-order chi connectivity index (χ0) is 20.5. The normalized spacial score (nSPS) is 18.7. The highest BCUT2D eigenvalue weighted by Gasteiger charge is 2.25. The number of methoxy groups -OCH3 is 2. The minimum absolute atomic E-state index is 0.0416. The Morgan fingerprint density at radius 3 is 2.48 bits per heavy atom. The summed E-state index contributed by atoms with van der Waals surface area (Å²) in [5.41, 5.74) is 0.899. The van der Waals surface area contributed by atoms with Crippen molar-refractivity contribution in [2.75, 3.05) is 66.8 Å². The van der Waals surface area contributed by atoms with Gasteiger partial charge in [-0.25, -0.2) is 0 Å². The standard InChI is InChI=1S/C22H32N2O5/c1-26-20-5-3-18(17-21(20)27-2)4-6-22(25)24(19-7-13-28-14-8-19)10-9-23-11-15-29-16-12-23/h3-6,17,19H,7-16H2,1-2H3/b6-4+. The highest BCUT2D eigenvalue weighted by molar-refractivity contribution is 5.92. The Bertz CT molecular complexity index is 682. The molecule has 3 rings (SSSR count). The highest BCUT2D eigenvalue weighted by atomic mass is 16.5. The van der Waals surface area contributed by atoms with E-state index in [1.165, 1.54) is 0 Å². The lowest BCUT2D eigenvalue weighted by atomic mass is 10.1. The van der Waals surface area contributed by atoms with Gasteiger partial charge in [0.2, 0.25) is 5.91 Å². The predicted octanol–water partition coefficient (Wildman–Crippen LogP) is 2.06. The summed E-state index contributed by atoms with van der Waals surface area (Å²) in [4.78, 5) is 17.4. The Balaban J connectivity index is 1.66. The third kappa shape index (κ3) is 6.19. The Hall–Kier alpha value is -2.09. The maximum atomic E-state index is 13.1. The van der Waals surface area contributed by atoms with Gasteiger partial charge in [0.15, 0.2) is 11.5 Å². The number of rotatable bonds is 8. The molecule has 0 spiro atoms. The molecule has 29 heavy (non-hydrogen) atoms. The second-order valence-corrected chi connectivity index (χ2v) is 7.28. The highest BCUT2D eigenvalue weighted by Crippen LogP contribution is 2.28. The van der Waals surface area contributed by atoms with Gasteiger partial charge >= 0.3 is 0 Å². The van der Waals surface area contributed by atoms with Gasteiger partial charge in [-0.2, -0.15) is 0 Å². The molecule has 2 saturated heterocycles. The van der Waals surface area contributed by atoms with Crippen LogP contribution in [-0.4, -0.2) is 88.6 Å². The molecule has 1 aromatic carbocycles. The van der Waals surface area contributed by atoms with Gasteiger partial charge in [-0.05, 0) is 36.6 Å². The number of morpholine rings is 1. The van der Waals surface area contributed by atoms with Crippen LogP contribution in [0.15, 0.2) is 24.3 Å². The van der Waals surface area contributed by atoms with Crippen LogP contribution in [0.25, 0.3) is 6.08 Å². The summed E-state index contributed by atoms with van der Waals surface area (Å²) in [6, 6.07) is 5.86. The molecular weight excluding hydrogens is 372 g/mol. The lowest BCUT2D eigenvalue weighted by Crippen LogP contribution is -2.48. The Morgan fingerprint density at radius 1 is 1.10 bits per heavy atom. The summed E-state index contributed by atoms with van der Waals surface area (Å²) in [5, 5.41) is 0. The van der Waals surface area contributed by atoms with Crippen LogP contribution in [0.5, 0.6) is 11.5 Å². The van der Waals surface area contributed by atoms with Crippen LogP contribution in [0.4, 0.5) is 0 Å². The third-order valence-corrected chi connectivity index (χ3v) is 5.50. The molecule has 0 unspecified atom stereocenters. The minimum Gasteiger partial charge on any atom is -0.493 e. The fraction of sp³-hybridized carbons (Fsp3) is 0.591. The molecule has 1 aromatic rings. The number of hydrogen-bond donors (Lipinski definition) is 0. The zero-order valence-electron chi connectivity index (χ0n) is 17.5. The van der Waals surface area contributed by atoms with Crippen molar-refractivity contribution in [2.45, 2.75) is 18.9 Å². The number of carbonyl (C=O) groups is 1. The van der Waals surface area contributed by atoms with E-state index in [0.29, 0.717) is 24.7 Å². The summed E-state index contributed by atoms with van der Waals surface area (Å²) in [5.74, 6) is 1.36. The first-order chi connectivity index (χ1) is 14.2. The first kappa shape index (κ1) is 21.6. The Morgan fingerprint density at radius 2 is 1.79 bits per heavy atom. The average molecular weight is 405 g/mol. The van der Waals surface area contributed by atoms with Crippen molar-refractivity contribution < 1.29 is 23.7 Å². The molecule has 0 bridgehead atoms. The molecule has 1 amide bonds. The molecule has 0 aromatic heterocycles. The molecule has 0 atom stereocenters. The first-order valence-electron chi connectivity index (χ1n) is 10.3. The number of benzene rings is 1. The van der Waals surface area contributed by atoms with Crippen molar-refractivity contribution in [3.63, 3.8) is 0 Å². The molecule has 0 radical (unpaired) electrons. The van der Waals surface area contributed by atoms with E-state index >= 15 is 0 Å². The third-order valence-electron chi connectivity index (χ3n) is 5.50. The second-order valence-electron chi connectivity index (χ2n) is 7.28. The Labute approximate surface area is 173 Å². The van der Waals surface area contributed by atoms with E-state index in [0.717, 1.165) is 57.8 Å². The van der Waals surface area contributed by atoms with Gasteiger partial charge in [0.25, 0.3) is 0 Å². The van der Waals surface area contributed by atoms with Crippen LogP contribution in [0.1, 0.15) is 18.4 Å². The molecular formula is C22H32N2O5. The summed E-state index contributed by atoms with van der Waals surface area (Å²) >= 11 is 0. The number of ether oxygens (including phenoxy) is 4. The van der Waals surface area contributed by atoms with Crippen molar-refractivity contribution in [1.82, 2.24) is 9.80 Å². The molecule has 2 aliphatic rings. The molecule has 2 aliphatic heterocycles. The van der Waals surface area contributed by atoms with Crippen LogP contribution in [0.3, 0.4) is 0 Å². The van der Waals surface area contributed by atoms with E-state index in [4.69, 9.17) is 18.9 Å². The molecule has 2 fully saturated rings. The van der Waals surface area contributed by atoms with Gasteiger partial charge in [-0.3, -0.25) is 9.69 Å². The number of carbonyl (C=O) groups excluding carboxylic acids is 1. The topological polar surface area (TPSA) is 60.5 Å². The quantitative estimate of drug-likeness (QED) is 0.618. The molecule has 0 N–H and O–H groups in total. The van der Waals surface area contributed by atoms with Gasteiger partial charge in [0.1, 0.15) is 0 Å². The first-order valence-corrected chi connectivity index (χ1v) is 10.3. The van der Waals surface area contributed by atoms with Gasteiger partial charge in [0, 0.05) is 51.5 Å². The average Bonchev–Trinajstić information content (AvgIpc) is 2.79. The van der Waals surface area contributed by atoms with E-state index < -0.39 is 0 Å². The van der Waals surface area contributed by atoms with Gasteiger partial charge in [-0.1, -0.05) is 6.07 Å². The minimum atomic E-state index is 0.0416. The van der Waals surface area contributed by atoms with Crippen LogP contribution in [-0.2, 0) is 14.3 Å². The molecule has 0 saturated carbocycles. The van der Waals surface area contributed by atoms with E-state index in [9.17, 15) is 4.79 Å². The van der Waals surface area contributed by atoms with Crippen LogP contribution in [0, 0.1) is 0 Å². The predicted molar refractivity (Wildman–Crippen MR) is 111 cm³/mol. The fourth-order valence-corrected chi connectivity index (χ4v) is 3.76. The molecule has 7 heteroatoms. The van der Waals surface area contributed by atoms with Gasteiger partial charge in [0.05, 0.1) is 27.4 Å². The molecule has 7 nitrogen and oxygen atoms in total. The molecule has 2 heterocycles. The van der Waals surface area contributed by atoms with Crippen molar-refractivity contribution in [1.29, 1.82) is 0 Å². The SMILES string of the molecule is COc1ccc(/C=C/C(=O)N(CCN2CCOCC2)C2CCOCC2)cc1OC. The lowest BCUT2D eigenvalue weighted by Gasteiger charge is -2.36. The van der Waals surface area contributed by atoms with E-state index in [-0.39, 0.29) is 11.9 Å². The Kier molecular flexibility index (Phi) is 8.34. The van der Waals surface area contributed by atoms with Crippen molar-refractivity contribution >= 4 is 12.0 Å². The molecule has 0 aliphatic carbocycles. The largest absolute Gasteiger partial charge is 0.493 e. The lowest BCUT2D eigenvalue weighted by molar-refractivity contribution is -0.130. The van der Waals surface area contributed by atoms with Gasteiger partial charge < -0.3 is 23.8 Å². The number of amides is 1. The maximum absolute atomic E-state index is 13.1. The summed E-state index contributed by atoms with van der Waals surface area (Å²) in [6.45, 7) is 6.41. The zero-order valence-corrected chi connectivity index (χ0v) is 17.5. The second kappa shape index (κ2) is 11.2. The van der Waals surface area contributed by atoms with Crippen LogP contribution in [0.2, 0.25) is 0 Å². The smallest absolute Gasteiger partial charge is 0.246 e. The van der Waals surface area contributed by atoms with E-state index in [1.807, 2.05) is 29.2 Å². The van der Waals surface area contributed by atoms with Gasteiger partial charge in [-0.15, -0.1) is 0 Å². The van der Waals surface area contributed by atoms with E-state index in [2.05, 4.69) is 4.90 Å². The van der Waals surface area contributed by atoms with E-state index in [1.54, 1.807) is 20.3 Å². The summed E-state index contributed by atoms with van der Waals surface area (Å²) < 4.78 is 21.5. The monoisotopic (exact) mass is 404 g/mol.